The molecule has 2 rings (SSSR count). The summed E-state index contributed by atoms with van der Waals surface area (Å²) < 4.78 is 31.0. The molecule has 0 aliphatic carbocycles. The molecule has 110 valence electrons. The summed E-state index contributed by atoms with van der Waals surface area (Å²) in [6.07, 6.45) is -2.44. The number of rotatable bonds is 6. The van der Waals surface area contributed by atoms with Gasteiger partial charge in [0.15, 0.2) is 0 Å². The lowest BCUT2D eigenvalue weighted by atomic mass is 10.2. The second-order valence-corrected chi connectivity index (χ2v) is 5.35. The molecular weight excluding hydrogens is 286 g/mol. The molecule has 0 fully saturated rings. The number of fused-ring (bicyclic) bond motifs is 1. The Balaban J connectivity index is 2.24. The van der Waals surface area contributed by atoms with Crippen LogP contribution in [0.4, 0.5) is 8.78 Å². The van der Waals surface area contributed by atoms with Crippen molar-refractivity contribution in [3.8, 4) is 0 Å². The number of nitrogens with zero attached hydrogens (tertiary/aromatic N) is 2. The molecule has 0 N–H and O–H groups in total. The Labute approximate surface area is 121 Å². The maximum absolute atomic E-state index is 12.0. The molecule has 2 aromatic rings. The minimum Gasteiger partial charge on any atom is -0.374 e. The zero-order valence-corrected chi connectivity index (χ0v) is 12.2. The molecule has 0 radical (unpaired) electrons. The van der Waals surface area contributed by atoms with Crippen molar-refractivity contribution in [2.45, 2.75) is 32.2 Å². The van der Waals surface area contributed by atoms with Crippen LogP contribution >= 0.6 is 11.6 Å². The normalized spacial score (nSPS) is 13.3. The Hall–Kier alpha value is -1.20. The van der Waals surface area contributed by atoms with Gasteiger partial charge in [0.05, 0.1) is 23.0 Å². The molecule has 0 spiro atoms. The highest BCUT2D eigenvalue weighted by Gasteiger charge is 2.15. The van der Waals surface area contributed by atoms with Gasteiger partial charge in [-0.3, -0.25) is 0 Å². The molecule has 1 atom stereocenters. The van der Waals surface area contributed by atoms with E-state index in [1.54, 1.807) is 0 Å². The van der Waals surface area contributed by atoms with Gasteiger partial charge in [0.1, 0.15) is 12.4 Å². The number of alkyl halides is 3. The summed E-state index contributed by atoms with van der Waals surface area (Å²) in [5.74, 6) is 0.730. The fourth-order valence-electron chi connectivity index (χ4n) is 2.12. The maximum Gasteiger partial charge on any atom is 0.261 e. The third kappa shape index (κ3) is 3.46. The van der Waals surface area contributed by atoms with Gasteiger partial charge in [-0.25, -0.2) is 13.8 Å². The van der Waals surface area contributed by atoms with Crippen LogP contribution < -0.4 is 0 Å². The molecular formula is C14H17ClF2N2O. The second-order valence-electron chi connectivity index (χ2n) is 4.70. The van der Waals surface area contributed by atoms with E-state index in [4.69, 9.17) is 16.3 Å². The minimum atomic E-state index is -2.44. The average molecular weight is 303 g/mol. The summed E-state index contributed by atoms with van der Waals surface area (Å²) in [5, 5.41) is -0.252. The molecule has 0 bridgehead atoms. The predicted molar refractivity (Wildman–Crippen MR) is 75.6 cm³/mol. The van der Waals surface area contributed by atoms with Crippen molar-refractivity contribution in [2.75, 3.05) is 13.2 Å². The molecule has 1 unspecified atom stereocenters. The average Bonchev–Trinajstić information content (AvgIpc) is 2.73. The largest absolute Gasteiger partial charge is 0.374 e. The van der Waals surface area contributed by atoms with Crippen molar-refractivity contribution in [3.05, 3.63) is 29.6 Å². The van der Waals surface area contributed by atoms with E-state index >= 15 is 0 Å². The highest BCUT2D eigenvalue weighted by Crippen LogP contribution is 2.25. The van der Waals surface area contributed by atoms with E-state index in [0.717, 1.165) is 22.4 Å². The van der Waals surface area contributed by atoms with Gasteiger partial charge in [0.25, 0.3) is 6.43 Å². The van der Waals surface area contributed by atoms with Crippen LogP contribution in [0.25, 0.3) is 11.0 Å². The number of aryl methyl sites for hydroxylation is 1. The van der Waals surface area contributed by atoms with Gasteiger partial charge in [0.2, 0.25) is 0 Å². The van der Waals surface area contributed by atoms with E-state index in [0.29, 0.717) is 6.54 Å². The Morgan fingerprint density at radius 2 is 2.15 bits per heavy atom. The smallest absolute Gasteiger partial charge is 0.261 e. The van der Waals surface area contributed by atoms with Crippen molar-refractivity contribution in [3.63, 3.8) is 0 Å². The summed E-state index contributed by atoms with van der Waals surface area (Å²) in [6.45, 7) is 3.96. The van der Waals surface area contributed by atoms with E-state index in [1.807, 2.05) is 36.6 Å². The van der Waals surface area contributed by atoms with Crippen molar-refractivity contribution >= 4 is 22.6 Å². The lowest BCUT2D eigenvalue weighted by molar-refractivity contribution is 0.0148. The summed E-state index contributed by atoms with van der Waals surface area (Å²) in [7, 11) is 0. The number of imidazole rings is 1. The van der Waals surface area contributed by atoms with Crippen LogP contribution in [0.5, 0.6) is 0 Å². The monoisotopic (exact) mass is 302 g/mol. The van der Waals surface area contributed by atoms with Gasteiger partial charge in [-0.15, -0.1) is 11.6 Å². The van der Waals surface area contributed by atoms with Crippen LogP contribution in [0.1, 0.15) is 23.7 Å². The molecule has 0 saturated heterocycles. The number of halogens is 3. The summed E-state index contributed by atoms with van der Waals surface area (Å²) in [6, 6.07) is 5.93. The molecule has 0 aliphatic rings. The zero-order valence-electron chi connectivity index (χ0n) is 11.4. The highest BCUT2D eigenvalue weighted by atomic mass is 35.5. The van der Waals surface area contributed by atoms with Crippen molar-refractivity contribution in [1.82, 2.24) is 9.55 Å². The van der Waals surface area contributed by atoms with Gasteiger partial charge >= 0.3 is 0 Å². The zero-order chi connectivity index (χ0) is 14.7. The van der Waals surface area contributed by atoms with Crippen LogP contribution in [0.3, 0.4) is 0 Å². The number of hydrogen-bond acceptors (Lipinski definition) is 2. The quantitative estimate of drug-likeness (QED) is 0.597. The minimum absolute atomic E-state index is 0.209. The van der Waals surface area contributed by atoms with Crippen LogP contribution in [0.15, 0.2) is 18.2 Å². The standard InChI is InChI=1S/C14H17ClF2N2O/c1-9-3-4-11-12(7-9)19(14(18-11)10(2)15)5-6-20-8-13(16)17/h3-4,7,10,13H,5-6,8H2,1-2H3. The van der Waals surface area contributed by atoms with Crippen molar-refractivity contribution in [2.24, 2.45) is 0 Å². The van der Waals surface area contributed by atoms with Crippen molar-refractivity contribution in [1.29, 1.82) is 0 Å². The third-order valence-electron chi connectivity index (χ3n) is 2.99. The summed E-state index contributed by atoms with van der Waals surface area (Å²) >= 11 is 6.14. The van der Waals surface area contributed by atoms with Crippen LogP contribution in [-0.4, -0.2) is 29.2 Å². The van der Waals surface area contributed by atoms with Gasteiger partial charge in [-0.2, -0.15) is 0 Å². The Bertz CT molecular complexity index is 584. The fraction of sp³-hybridized carbons (Fsp3) is 0.500. The molecule has 20 heavy (non-hydrogen) atoms. The van der Waals surface area contributed by atoms with Gasteiger partial charge in [-0.1, -0.05) is 6.07 Å². The Morgan fingerprint density at radius 1 is 1.40 bits per heavy atom. The van der Waals surface area contributed by atoms with Gasteiger partial charge in [0, 0.05) is 6.54 Å². The topological polar surface area (TPSA) is 27.1 Å². The second kappa shape index (κ2) is 6.50. The van der Waals surface area contributed by atoms with Gasteiger partial charge in [-0.05, 0) is 31.5 Å². The van der Waals surface area contributed by atoms with Crippen molar-refractivity contribution < 1.29 is 13.5 Å². The van der Waals surface area contributed by atoms with E-state index in [2.05, 4.69) is 4.98 Å². The van der Waals surface area contributed by atoms with Crippen LogP contribution in [-0.2, 0) is 11.3 Å². The maximum atomic E-state index is 12.0. The molecule has 3 nitrogen and oxygen atoms in total. The number of hydrogen-bond donors (Lipinski definition) is 0. The fourth-order valence-corrected chi connectivity index (χ4v) is 2.28. The van der Waals surface area contributed by atoms with Gasteiger partial charge < -0.3 is 9.30 Å². The Morgan fingerprint density at radius 3 is 2.80 bits per heavy atom. The molecule has 1 heterocycles. The third-order valence-corrected chi connectivity index (χ3v) is 3.19. The van der Waals surface area contributed by atoms with E-state index < -0.39 is 13.0 Å². The molecule has 1 aromatic carbocycles. The predicted octanol–water partition coefficient (Wildman–Crippen LogP) is 3.93. The lowest BCUT2D eigenvalue weighted by Gasteiger charge is -2.11. The SMILES string of the molecule is Cc1ccc2nc(C(C)Cl)n(CCOCC(F)F)c2c1. The molecule has 1 aromatic heterocycles. The van der Waals surface area contributed by atoms with Crippen LogP contribution in [0, 0.1) is 6.92 Å². The number of benzene rings is 1. The van der Waals surface area contributed by atoms with E-state index in [9.17, 15) is 8.78 Å². The molecule has 0 amide bonds. The first-order chi connectivity index (χ1) is 9.49. The molecule has 0 saturated carbocycles. The Kier molecular flexibility index (Phi) is 4.94. The summed E-state index contributed by atoms with van der Waals surface area (Å²) in [4.78, 5) is 4.49. The first-order valence-corrected chi connectivity index (χ1v) is 6.89. The highest BCUT2D eigenvalue weighted by molar-refractivity contribution is 6.20. The molecule has 6 heteroatoms. The summed E-state index contributed by atoms with van der Waals surface area (Å²) in [5.41, 5.74) is 2.92. The van der Waals surface area contributed by atoms with Crippen LogP contribution in [0.2, 0.25) is 0 Å². The van der Waals surface area contributed by atoms with E-state index in [-0.39, 0.29) is 12.0 Å². The lowest BCUT2D eigenvalue weighted by Crippen LogP contribution is -2.13. The number of aromatic nitrogens is 2. The first kappa shape index (κ1) is 15.2. The van der Waals surface area contributed by atoms with E-state index in [1.165, 1.54) is 0 Å². The first-order valence-electron chi connectivity index (χ1n) is 6.45. The number of ether oxygens (including phenoxy) is 1. The molecule has 0 aliphatic heterocycles.